The second-order valence-corrected chi connectivity index (χ2v) is 5.96. The number of benzene rings is 2. The maximum Gasteiger partial charge on any atom is 0.115 e. The highest BCUT2D eigenvalue weighted by atomic mass is 35.5. The first-order chi connectivity index (χ1) is 9.63. The topological polar surface area (TPSA) is 46.2 Å². The van der Waals surface area contributed by atoms with E-state index in [9.17, 15) is 5.11 Å². The van der Waals surface area contributed by atoms with E-state index < -0.39 is 0 Å². The van der Waals surface area contributed by atoms with Crippen molar-refractivity contribution in [2.24, 2.45) is 5.73 Å². The van der Waals surface area contributed by atoms with E-state index in [0.717, 1.165) is 24.3 Å². The van der Waals surface area contributed by atoms with Crippen molar-refractivity contribution < 1.29 is 5.11 Å². The van der Waals surface area contributed by atoms with Gasteiger partial charge in [0.15, 0.2) is 0 Å². The molecule has 0 saturated carbocycles. The molecule has 0 saturated heterocycles. The molecule has 2 aromatic carbocycles. The van der Waals surface area contributed by atoms with Crippen LogP contribution in [-0.2, 0) is 12.8 Å². The number of phenols is 1. The van der Waals surface area contributed by atoms with Crippen LogP contribution >= 0.6 is 11.6 Å². The molecule has 2 aromatic rings. The largest absolute Gasteiger partial charge is 0.508 e. The fourth-order valence-electron chi connectivity index (χ4n) is 3.04. The summed E-state index contributed by atoms with van der Waals surface area (Å²) >= 11 is 5.93. The van der Waals surface area contributed by atoms with Crippen LogP contribution in [0.1, 0.15) is 29.0 Å². The Bertz CT molecular complexity index is 609. The van der Waals surface area contributed by atoms with Crippen LogP contribution in [0.5, 0.6) is 5.75 Å². The Labute approximate surface area is 124 Å². The smallest absolute Gasteiger partial charge is 0.115 e. The lowest BCUT2D eigenvalue weighted by molar-refractivity contribution is 0.451. The molecular weight excluding hydrogens is 270 g/mol. The van der Waals surface area contributed by atoms with Crippen molar-refractivity contribution in [3.8, 4) is 5.75 Å². The van der Waals surface area contributed by atoms with Gasteiger partial charge in [-0.05, 0) is 60.2 Å². The van der Waals surface area contributed by atoms with Gasteiger partial charge in [-0.25, -0.2) is 0 Å². The highest BCUT2D eigenvalue weighted by Gasteiger charge is 2.27. The SMILES string of the molecule is NC1CCc2ccc(O)cc2C1Cc1ccc(Cl)cc1. The summed E-state index contributed by atoms with van der Waals surface area (Å²) in [6.07, 6.45) is 2.87. The molecule has 0 aliphatic heterocycles. The monoisotopic (exact) mass is 287 g/mol. The normalized spacial score (nSPS) is 21.5. The van der Waals surface area contributed by atoms with E-state index in [4.69, 9.17) is 17.3 Å². The number of phenolic OH excluding ortho intramolecular Hbond substituents is 1. The van der Waals surface area contributed by atoms with Crippen molar-refractivity contribution in [3.63, 3.8) is 0 Å². The van der Waals surface area contributed by atoms with Gasteiger partial charge in [-0.3, -0.25) is 0 Å². The average Bonchev–Trinajstić information content (AvgIpc) is 2.44. The molecule has 3 N–H and O–H groups in total. The Kier molecular flexibility index (Phi) is 3.68. The molecule has 2 unspecified atom stereocenters. The Morgan fingerprint density at radius 3 is 2.65 bits per heavy atom. The van der Waals surface area contributed by atoms with Crippen LogP contribution in [0.25, 0.3) is 0 Å². The molecule has 3 heteroatoms. The Balaban J connectivity index is 1.92. The Morgan fingerprint density at radius 2 is 1.90 bits per heavy atom. The van der Waals surface area contributed by atoms with Gasteiger partial charge in [-0.1, -0.05) is 29.8 Å². The standard InChI is InChI=1S/C17H18ClNO/c18-13-5-1-11(2-6-13)9-16-15-10-14(20)7-3-12(15)4-8-17(16)19/h1-3,5-7,10,16-17,20H,4,8-9,19H2. The van der Waals surface area contributed by atoms with Crippen LogP contribution in [0.2, 0.25) is 5.02 Å². The lowest BCUT2D eigenvalue weighted by Gasteiger charge is -2.31. The summed E-state index contributed by atoms with van der Waals surface area (Å²) in [6.45, 7) is 0. The molecule has 0 spiro atoms. The number of fused-ring (bicyclic) bond motifs is 1. The maximum atomic E-state index is 9.74. The number of aryl methyl sites for hydroxylation is 1. The molecule has 0 amide bonds. The average molecular weight is 288 g/mol. The summed E-state index contributed by atoms with van der Waals surface area (Å²) in [5.74, 6) is 0.575. The second-order valence-electron chi connectivity index (χ2n) is 5.52. The fourth-order valence-corrected chi connectivity index (χ4v) is 3.17. The van der Waals surface area contributed by atoms with Crippen LogP contribution in [-0.4, -0.2) is 11.1 Å². The van der Waals surface area contributed by atoms with Gasteiger partial charge in [0, 0.05) is 17.0 Å². The van der Waals surface area contributed by atoms with Crippen molar-refractivity contribution in [1.82, 2.24) is 0 Å². The van der Waals surface area contributed by atoms with Crippen molar-refractivity contribution in [2.75, 3.05) is 0 Å². The Hall–Kier alpha value is -1.51. The highest BCUT2D eigenvalue weighted by molar-refractivity contribution is 6.30. The van der Waals surface area contributed by atoms with E-state index in [1.54, 1.807) is 6.07 Å². The van der Waals surface area contributed by atoms with Gasteiger partial charge in [0.2, 0.25) is 0 Å². The van der Waals surface area contributed by atoms with Gasteiger partial charge in [0.25, 0.3) is 0 Å². The van der Waals surface area contributed by atoms with E-state index >= 15 is 0 Å². The first-order valence-corrected chi connectivity index (χ1v) is 7.33. The maximum absolute atomic E-state index is 9.74. The number of rotatable bonds is 2. The van der Waals surface area contributed by atoms with E-state index in [0.29, 0.717) is 5.75 Å². The van der Waals surface area contributed by atoms with Gasteiger partial charge in [-0.15, -0.1) is 0 Å². The second kappa shape index (κ2) is 5.47. The third kappa shape index (κ3) is 2.67. The third-order valence-electron chi connectivity index (χ3n) is 4.16. The molecule has 0 bridgehead atoms. The Morgan fingerprint density at radius 1 is 1.15 bits per heavy atom. The molecule has 0 aromatic heterocycles. The van der Waals surface area contributed by atoms with Crippen LogP contribution in [0, 0.1) is 0 Å². The summed E-state index contributed by atoms with van der Waals surface area (Å²) in [5.41, 5.74) is 10.0. The summed E-state index contributed by atoms with van der Waals surface area (Å²) in [7, 11) is 0. The number of hydrogen-bond donors (Lipinski definition) is 2. The van der Waals surface area contributed by atoms with Crippen LogP contribution in [0.3, 0.4) is 0 Å². The first-order valence-electron chi connectivity index (χ1n) is 6.95. The minimum Gasteiger partial charge on any atom is -0.508 e. The van der Waals surface area contributed by atoms with Crippen LogP contribution in [0.15, 0.2) is 42.5 Å². The van der Waals surface area contributed by atoms with Crippen molar-refractivity contribution >= 4 is 11.6 Å². The molecule has 2 nitrogen and oxygen atoms in total. The van der Waals surface area contributed by atoms with Crippen molar-refractivity contribution in [1.29, 1.82) is 0 Å². The summed E-state index contributed by atoms with van der Waals surface area (Å²) in [6, 6.07) is 13.7. The number of aromatic hydroxyl groups is 1. The van der Waals surface area contributed by atoms with Gasteiger partial charge in [0.05, 0.1) is 0 Å². The highest BCUT2D eigenvalue weighted by Crippen LogP contribution is 2.35. The number of nitrogens with two attached hydrogens (primary N) is 1. The first kappa shape index (κ1) is 13.5. The minimum absolute atomic E-state index is 0.139. The molecule has 0 fully saturated rings. The van der Waals surface area contributed by atoms with Crippen LogP contribution < -0.4 is 5.73 Å². The summed E-state index contributed by atoms with van der Waals surface area (Å²) in [5, 5.41) is 10.5. The van der Waals surface area contributed by atoms with E-state index in [-0.39, 0.29) is 12.0 Å². The molecule has 1 aliphatic carbocycles. The lowest BCUT2D eigenvalue weighted by atomic mass is 9.76. The van der Waals surface area contributed by atoms with Gasteiger partial charge >= 0.3 is 0 Å². The number of halogens is 1. The predicted octanol–water partition coefficient (Wildman–Crippen LogP) is 3.65. The predicted molar refractivity (Wildman–Crippen MR) is 82.3 cm³/mol. The molecule has 0 heterocycles. The van der Waals surface area contributed by atoms with Gasteiger partial charge in [-0.2, -0.15) is 0 Å². The lowest BCUT2D eigenvalue weighted by Crippen LogP contribution is -2.34. The number of hydrogen-bond acceptors (Lipinski definition) is 2. The van der Waals surface area contributed by atoms with Crippen molar-refractivity contribution in [2.45, 2.75) is 31.2 Å². The molecule has 2 atom stereocenters. The van der Waals surface area contributed by atoms with Gasteiger partial charge < -0.3 is 10.8 Å². The quantitative estimate of drug-likeness (QED) is 0.886. The molecule has 1 aliphatic rings. The zero-order chi connectivity index (χ0) is 14.1. The summed E-state index contributed by atoms with van der Waals surface area (Å²) in [4.78, 5) is 0. The van der Waals surface area contributed by atoms with Crippen LogP contribution in [0.4, 0.5) is 0 Å². The summed E-state index contributed by atoms with van der Waals surface area (Å²) < 4.78 is 0. The van der Waals surface area contributed by atoms with Crippen molar-refractivity contribution in [3.05, 3.63) is 64.2 Å². The molecule has 20 heavy (non-hydrogen) atoms. The van der Waals surface area contributed by atoms with Gasteiger partial charge in [0.1, 0.15) is 5.75 Å². The molecule has 3 rings (SSSR count). The van der Waals surface area contributed by atoms with E-state index in [1.165, 1.54) is 16.7 Å². The fraction of sp³-hybridized carbons (Fsp3) is 0.294. The van der Waals surface area contributed by atoms with E-state index in [1.807, 2.05) is 36.4 Å². The zero-order valence-electron chi connectivity index (χ0n) is 11.2. The molecule has 104 valence electrons. The molecular formula is C17H18ClNO. The van der Waals surface area contributed by atoms with E-state index in [2.05, 4.69) is 0 Å². The third-order valence-corrected chi connectivity index (χ3v) is 4.41. The molecule has 0 radical (unpaired) electrons. The zero-order valence-corrected chi connectivity index (χ0v) is 12.0. The minimum atomic E-state index is 0.139.